The monoisotopic (exact) mass is 325 g/mol. The Balaban J connectivity index is 1.77. The van der Waals surface area contributed by atoms with Gasteiger partial charge in [-0.15, -0.1) is 21.5 Å². The van der Waals surface area contributed by atoms with Gasteiger partial charge in [0.25, 0.3) is 5.91 Å². The third-order valence-electron chi connectivity index (χ3n) is 2.49. The highest BCUT2D eigenvalue weighted by atomic mass is 32.2. The van der Waals surface area contributed by atoms with Crippen molar-refractivity contribution in [3.63, 3.8) is 0 Å². The molecule has 2 aromatic rings. The van der Waals surface area contributed by atoms with Gasteiger partial charge < -0.3 is 4.57 Å². The van der Waals surface area contributed by atoms with Crippen molar-refractivity contribution in [1.82, 2.24) is 25.6 Å². The second-order valence-corrected chi connectivity index (χ2v) is 6.27. The largest absolute Gasteiger partial charge is 0.306 e. The summed E-state index contributed by atoms with van der Waals surface area (Å²) in [4.78, 5) is 23.9. The Labute approximate surface area is 130 Å². The summed E-state index contributed by atoms with van der Waals surface area (Å²) in [6.07, 6.45) is 1.63. The number of amides is 2. The van der Waals surface area contributed by atoms with E-state index in [9.17, 15) is 9.59 Å². The van der Waals surface area contributed by atoms with E-state index in [0.717, 1.165) is 0 Å². The molecule has 0 aromatic carbocycles. The van der Waals surface area contributed by atoms with Gasteiger partial charge in [0.05, 0.1) is 10.6 Å². The molecule has 0 fully saturated rings. The van der Waals surface area contributed by atoms with E-state index in [-0.39, 0.29) is 23.6 Å². The molecule has 0 saturated heterocycles. The van der Waals surface area contributed by atoms with E-state index in [2.05, 4.69) is 21.0 Å². The summed E-state index contributed by atoms with van der Waals surface area (Å²) in [5.74, 6) is -0.479. The van der Waals surface area contributed by atoms with Crippen molar-refractivity contribution in [2.24, 2.45) is 0 Å². The maximum atomic E-state index is 11.7. The molecule has 9 heteroatoms. The van der Waals surface area contributed by atoms with E-state index in [1.165, 1.54) is 23.1 Å². The number of thioether (sulfide) groups is 1. The summed E-state index contributed by atoms with van der Waals surface area (Å²) < 4.78 is 1.88. The fraction of sp³-hybridized carbons (Fsp3) is 0.333. The van der Waals surface area contributed by atoms with Crippen LogP contribution in [0.2, 0.25) is 0 Å². The number of nitrogens with one attached hydrogen (secondary N) is 2. The average Bonchev–Trinajstić information content (AvgIpc) is 3.12. The van der Waals surface area contributed by atoms with Crippen LogP contribution in [-0.4, -0.2) is 32.3 Å². The molecule has 2 aromatic heterocycles. The van der Waals surface area contributed by atoms with Crippen LogP contribution in [0.5, 0.6) is 0 Å². The normalized spacial score (nSPS) is 10.6. The van der Waals surface area contributed by atoms with Crippen LogP contribution in [0.1, 0.15) is 29.6 Å². The van der Waals surface area contributed by atoms with E-state index in [4.69, 9.17) is 0 Å². The maximum absolute atomic E-state index is 11.7. The molecule has 21 heavy (non-hydrogen) atoms. The van der Waals surface area contributed by atoms with E-state index in [1.807, 2.05) is 18.4 Å². The quantitative estimate of drug-likeness (QED) is 0.642. The summed E-state index contributed by atoms with van der Waals surface area (Å²) in [6, 6.07) is 3.69. The number of hydrogen-bond acceptors (Lipinski definition) is 6. The third kappa shape index (κ3) is 4.30. The van der Waals surface area contributed by atoms with Crippen molar-refractivity contribution in [3.8, 4) is 0 Å². The fourth-order valence-corrected chi connectivity index (χ4v) is 2.91. The molecule has 0 aliphatic carbocycles. The first kappa shape index (κ1) is 15.5. The Kier molecular flexibility index (Phi) is 5.34. The summed E-state index contributed by atoms with van der Waals surface area (Å²) in [6.45, 7) is 4.02. The molecule has 2 rings (SSSR count). The van der Waals surface area contributed by atoms with Crippen molar-refractivity contribution < 1.29 is 9.59 Å². The van der Waals surface area contributed by atoms with Crippen LogP contribution in [0, 0.1) is 0 Å². The number of nitrogens with zero attached hydrogens (tertiary/aromatic N) is 3. The minimum Gasteiger partial charge on any atom is -0.306 e. The Bertz CT molecular complexity index is 609. The molecule has 0 unspecified atom stereocenters. The molecule has 2 N–H and O–H groups in total. The van der Waals surface area contributed by atoms with Crippen LogP contribution >= 0.6 is 23.1 Å². The smallest absolute Gasteiger partial charge is 0.279 e. The van der Waals surface area contributed by atoms with Crippen LogP contribution in [0.3, 0.4) is 0 Å². The third-order valence-corrected chi connectivity index (χ3v) is 4.32. The van der Waals surface area contributed by atoms with E-state index < -0.39 is 0 Å². The number of carbonyl (C=O) groups excluding carboxylic acids is 2. The van der Waals surface area contributed by atoms with Gasteiger partial charge in [-0.2, -0.15) is 0 Å². The fourth-order valence-electron chi connectivity index (χ4n) is 1.45. The minimum atomic E-state index is -0.325. The Morgan fingerprint density at radius 1 is 1.43 bits per heavy atom. The minimum absolute atomic E-state index is 0.149. The van der Waals surface area contributed by atoms with Crippen LogP contribution in [0.25, 0.3) is 0 Å². The molecule has 7 nitrogen and oxygen atoms in total. The summed E-state index contributed by atoms with van der Waals surface area (Å²) >= 11 is 2.58. The van der Waals surface area contributed by atoms with E-state index in [1.54, 1.807) is 23.8 Å². The van der Waals surface area contributed by atoms with Crippen molar-refractivity contribution in [2.45, 2.75) is 25.0 Å². The Morgan fingerprint density at radius 2 is 2.24 bits per heavy atom. The topological polar surface area (TPSA) is 88.9 Å². The molecule has 2 amide bonds. The van der Waals surface area contributed by atoms with E-state index in [0.29, 0.717) is 10.0 Å². The van der Waals surface area contributed by atoms with Crippen molar-refractivity contribution >= 4 is 34.9 Å². The van der Waals surface area contributed by atoms with Gasteiger partial charge in [-0.05, 0) is 25.3 Å². The predicted molar refractivity (Wildman–Crippen MR) is 81.1 cm³/mol. The summed E-state index contributed by atoms with van der Waals surface area (Å²) in [5, 5.41) is 10.2. The first-order chi connectivity index (χ1) is 10.1. The number of aromatic nitrogens is 3. The molecular weight excluding hydrogens is 310 g/mol. The molecular formula is C12H15N5O2S2. The highest BCUT2D eigenvalue weighted by Crippen LogP contribution is 2.18. The van der Waals surface area contributed by atoms with Crippen LogP contribution < -0.4 is 10.9 Å². The van der Waals surface area contributed by atoms with Gasteiger partial charge in [0.15, 0.2) is 5.16 Å². The van der Waals surface area contributed by atoms with Gasteiger partial charge in [0.2, 0.25) is 5.91 Å². The summed E-state index contributed by atoms with van der Waals surface area (Å²) in [5.41, 5.74) is 4.74. The molecule has 112 valence electrons. The van der Waals surface area contributed by atoms with Crippen molar-refractivity contribution in [3.05, 3.63) is 28.7 Å². The van der Waals surface area contributed by atoms with Crippen molar-refractivity contribution in [1.29, 1.82) is 0 Å². The molecule has 0 aliphatic rings. The predicted octanol–water partition coefficient (Wildman–Crippen LogP) is 1.47. The summed E-state index contributed by atoms with van der Waals surface area (Å²) in [7, 11) is 0. The molecule has 0 atom stereocenters. The molecule has 0 saturated carbocycles. The number of carbonyl (C=O) groups is 2. The van der Waals surface area contributed by atoms with Gasteiger partial charge in [-0.1, -0.05) is 17.8 Å². The number of hydrogen-bond donors (Lipinski definition) is 2. The van der Waals surface area contributed by atoms with Gasteiger partial charge in [0.1, 0.15) is 6.33 Å². The Morgan fingerprint density at radius 3 is 2.90 bits per heavy atom. The molecule has 0 bridgehead atoms. The van der Waals surface area contributed by atoms with Gasteiger partial charge in [-0.25, -0.2) is 0 Å². The zero-order valence-electron chi connectivity index (χ0n) is 11.6. The van der Waals surface area contributed by atoms with Crippen LogP contribution in [0.4, 0.5) is 0 Å². The molecule has 0 spiro atoms. The second kappa shape index (κ2) is 7.23. The number of thiophene rings is 1. The van der Waals surface area contributed by atoms with Gasteiger partial charge in [0, 0.05) is 6.04 Å². The van der Waals surface area contributed by atoms with Gasteiger partial charge in [-0.3, -0.25) is 20.4 Å². The van der Waals surface area contributed by atoms with Crippen LogP contribution in [0.15, 0.2) is 29.0 Å². The lowest BCUT2D eigenvalue weighted by Crippen LogP contribution is -2.42. The SMILES string of the molecule is CC(C)n1cnnc1SCC(=O)NNC(=O)c1cccs1. The van der Waals surface area contributed by atoms with Crippen molar-refractivity contribution in [2.75, 3.05) is 5.75 Å². The molecule has 0 aliphatic heterocycles. The molecule has 2 heterocycles. The van der Waals surface area contributed by atoms with Gasteiger partial charge >= 0.3 is 0 Å². The average molecular weight is 325 g/mol. The zero-order valence-corrected chi connectivity index (χ0v) is 13.2. The highest BCUT2D eigenvalue weighted by molar-refractivity contribution is 7.99. The first-order valence-electron chi connectivity index (χ1n) is 6.23. The molecule has 0 radical (unpaired) electrons. The highest BCUT2D eigenvalue weighted by Gasteiger charge is 2.12. The second-order valence-electron chi connectivity index (χ2n) is 4.38. The lowest BCUT2D eigenvalue weighted by molar-refractivity contribution is -0.119. The lowest BCUT2D eigenvalue weighted by atomic mass is 10.4. The first-order valence-corrected chi connectivity index (χ1v) is 8.09. The standard InChI is InChI=1S/C12H15N5O2S2/c1-8(2)17-7-13-16-12(17)21-6-10(18)14-15-11(19)9-4-3-5-20-9/h3-5,7-8H,6H2,1-2H3,(H,14,18)(H,15,19). The lowest BCUT2D eigenvalue weighted by Gasteiger charge is -2.09. The number of hydrazine groups is 1. The Hall–Kier alpha value is -1.87. The van der Waals surface area contributed by atoms with E-state index >= 15 is 0 Å². The zero-order chi connectivity index (χ0) is 15.2. The number of rotatable bonds is 5. The van der Waals surface area contributed by atoms with Crippen LogP contribution in [-0.2, 0) is 4.79 Å². The maximum Gasteiger partial charge on any atom is 0.279 e.